The fourth-order valence-corrected chi connectivity index (χ4v) is 1.06. The first kappa shape index (κ1) is 12.7. The highest BCUT2D eigenvalue weighted by Gasteiger charge is 2.27. The van der Waals surface area contributed by atoms with Crippen LogP contribution in [0.3, 0.4) is 0 Å². The lowest BCUT2D eigenvalue weighted by Gasteiger charge is -2.29. The summed E-state index contributed by atoms with van der Waals surface area (Å²) in [6.45, 7) is 1.25. The van der Waals surface area contributed by atoms with E-state index >= 15 is 0 Å². The summed E-state index contributed by atoms with van der Waals surface area (Å²) in [6.07, 6.45) is 0.678. The van der Waals surface area contributed by atoms with Crippen molar-refractivity contribution in [2.24, 2.45) is 0 Å². The van der Waals surface area contributed by atoms with Gasteiger partial charge in [0.1, 0.15) is 0 Å². The topological polar surface area (TPSA) is 69.6 Å². The molecule has 3 N–H and O–H groups in total. The first-order valence-corrected chi connectivity index (χ1v) is 4.76. The van der Waals surface area contributed by atoms with E-state index in [0.29, 0.717) is 6.42 Å². The second-order valence-electron chi connectivity index (χ2n) is 2.94. The molecule has 13 heavy (non-hydrogen) atoms. The Bertz CT molecular complexity index is 151. The number of carbonyl (C=O) groups is 1. The zero-order chi connectivity index (χ0) is 10.3. The van der Waals surface area contributed by atoms with E-state index < -0.39 is 5.54 Å². The number of carbonyl (C=O) groups excluding carboxylic acids is 1. The van der Waals surface area contributed by atoms with Crippen LogP contribution in [0.4, 0.5) is 0 Å². The average Bonchev–Trinajstić information content (AvgIpc) is 2.15. The Kier molecular flexibility index (Phi) is 6.03. The van der Waals surface area contributed by atoms with Gasteiger partial charge >= 0.3 is 0 Å². The minimum Gasteiger partial charge on any atom is -0.394 e. The van der Waals surface area contributed by atoms with Crippen LogP contribution >= 0.6 is 11.6 Å². The Hall–Kier alpha value is -0.320. The lowest BCUT2D eigenvalue weighted by molar-refractivity contribution is -0.124. The van der Waals surface area contributed by atoms with Gasteiger partial charge in [0.05, 0.1) is 18.8 Å². The summed E-state index contributed by atoms with van der Waals surface area (Å²) >= 11 is 5.37. The van der Waals surface area contributed by atoms with Crippen LogP contribution in [0.1, 0.15) is 19.8 Å². The molecule has 0 aromatic rings. The van der Waals surface area contributed by atoms with E-state index in [0.717, 1.165) is 0 Å². The van der Waals surface area contributed by atoms with Gasteiger partial charge in [-0.15, -0.1) is 11.6 Å². The molecule has 0 heterocycles. The monoisotopic (exact) mass is 209 g/mol. The zero-order valence-corrected chi connectivity index (χ0v) is 8.47. The molecule has 0 fully saturated rings. The number of hydrogen-bond donors (Lipinski definition) is 3. The number of nitrogens with one attached hydrogen (secondary N) is 1. The Labute approximate surface area is 82.9 Å². The Morgan fingerprint density at radius 1 is 1.46 bits per heavy atom. The minimum absolute atomic E-state index is 0.198. The van der Waals surface area contributed by atoms with E-state index in [1.807, 2.05) is 0 Å². The standard InChI is InChI=1S/C8H16ClNO3/c1-2-8(5-11,6-12)10-7(13)3-4-9/h11-12H,2-6H2,1H3,(H,10,13). The Morgan fingerprint density at radius 3 is 2.31 bits per heavy atom. The van der Waals surface area contributed by atoms with E-state index in [4.69, 9.17) is 21.8 Å². The third-order valence-corrected chi connectivity index (χ3v) is 2.20. The number of hydrogen-bond acceptors (Lipinski definition) is 3. The molecule has 0 aromatic carbocycles. The fraction of sp³-hybridized carbons (Fsp3) is 0.875. The predicted molar refractivity (Wildman–Crippen MR) is 50.7 cm³/mol. The summed E-state index contributed by atoms with van der Waals surface area (Å²) in [5.74, 6) is -0.0115. The minimum atomic E-state index is -0.900. The van der Waals surface area contributed by atoms with Gasteiger partial charge in [-0.25, -0.2) is 0 Å². The highest BCUT2D eigenvalue weighted by atomic mass is 35.5. The van der Waals surface area contributed by atoms with Gasteiger partial charge in [-0.2, -0.15) is 0 Å². The smallest absolute Gasteiger partial charge is 0.221 e. The first-order valence-electron chi connectivity index (χ1n) is 4.23. The molecule has 78 valence electrons. The van der Waals surface area contributed by atoms with E-state index in [-0.39, 0.29) is 31.4 Å². The number of alkyl halides is 1. The summed E-state index contributed by atoms with van der Waals surface area (Å²) in [6, 6.07) is 0. The van der Waals surface area contributed by atoms with Crippen molar-refractivity contribution in [1.29, 1.82) is 0 Å². The van der Waals surface area contributed by atoms with Crippen molar-refractivity contribution in [2.45, 2.75) is 25.3 Å². The summed E-state index contributed by atoms with van der Waals surface area (Å²) in [5.41, 5.74) is -0.900. The molecule has 4 nitrogen and oxygen atoms in total. The molecule has 0 spiro atoms. The SMILES string of the molecule is CCC(CO)(CO)NC(=O)CCCl. The maximum Gasteiger partial charge on any atom is 0.221 e. The Morgan fingerprint density at radius 2 is 2.00 bits per heavy atom. The molecule has 0 atom stereocenters. The molecule has 5 heteroatoms. The molecule has 0 aliphatic heterocycles. The molecule has 0 unspecified atom stereocenters. The van der Waals surface area contributed by atoms with Crippen LogP contribution in [0.25, 0.3) is 0 Å². The van der Waals surface area contributed by atoms with E-state index in [2.05, 4.69) is 5.32 Å². The highest BCUT2D eigenvalue weighted by molar-refractivity contribution is 6.18. The van der Waals surface area contributed by atoms with E-state index in [9.17, 15) is 4.79 Å². The molecule has 0 saturated heterocycles. The second kappa shape index (κ2) is 6.18. The van der Waals surface area contributed by atoms with Gasteiger partial charge in [0, 0.05) is 12.3 Å². The number of amides is 1. The molecule has 0 radical (unpaired) electrons. The summed E-state index contributed by atoms with van der Waals surface area (Å²) in [5, 5.41) is 20.5. The maximum absolute atomic E-state index is 11.1. The van der Waals surface area contributed by atoms with Crippen molar-refractivity contribution in [3.63, 3.8) is 0 Å². The number of aliphatic hydroxyl groups excluding tert-OH is 2. The third-order valence-electron chi connectivity index (χ3n) is 2.01. The van der Waals surface area contributed by atoms with Gasteiger partial charge in [0.2, 0.25) is 5.91 Å². The fourth-order valence-electron chi connectivity index (χ4n) is 0.885. The van der Waals surface area contributed by atoms with Gasteiger partial charge in [-0.05, 0) is 6.42 Å². The summed E-state index contributed by atoms with van der Waals surface area (Å²) in [4.78, 5) is 11.1. The van der Waals surface area contributed by atoms with E-state index in [1.54, 1.807) is 6.92 Å². The molecule has 0 aliphatic rings. The van der Waals surface area contributed by atoms with Gasteiger partial charge < -0.3 is 15.5 Å². The van der Waals surface area contributed by atoms with Crippen molar-refractivity contribution >= 4 is 17.5 Å². The molecule has 1 amide bonds. The first-order chi connectivity index (χ1) is 6.14. The van der Waals surface area contributed by atoms with Crippen LogP contribution in [-0.4, -0.2) is 40.8 Å². The summed E-state index contributed by atoms with van der Waals surface area (Å²) in [7, 11) is 0. The van der Waals surface area contributed by atoms with Crippen molar-refractivity contribution in [1.82, 2.24) is 5.32 Å². The van der Waals surface area contributed by atoms with E-state index in [1.165, 1.54) is 0 Å². The van der Waals surface area contributed by atoms with Crippen molar-refractivity contribution in [3.8, 4) is 0 Å². The highest BCUT2D eigenvalue weighted by Crippen LogP contribution is 2.08. The molecular formula is C8H16ClNO3. The third kappa shape index (κ3) is 3.93. The van der Waals surface area contributed by atoms with Crippen molar-refractivity contribution in [2.75, 3.05) is 19.1 Å². The predicted octanol–water partition coefficient (Wildman–Crippen LogP) is -0.135. The van der Waals surface area contributed by atoms with Crippen molar-refractivity contribution in [3.05, 3.63) is 0 Å². The zero-order valence-electron chi connectivity index (χ0n) is 7.72. The molecule has 0 rings (SSSR count). The molecule has 0 aliphatic carbocycles. The largest absolute Gasteiger partial charge is 0.394 e. The van der Waals surface area contributed by atoms with Gasteiger partial charge in [0.15, 0.2) is 0 Å². The lowest BCUT2D eigenvalue weighted by Crippen LogP contribution is -2.53. The van der Waals surface area contributed by atoms with Crippen LogP contribution < -0.4 is 5.32 Å². The quantitative estimate of drug-likeness (QED) is 0.534. The number of rotatable bonds is 6. The average molecular weight is 210 g/mol. The molecular weight excluding hydrogens is 194 g/mol. The van der Waals surface area contributed by atoms with Crippen molar-refractivity contribution < 1.29 is 15.0 Å². The maximum atomic E-state index is 11.1. The lowest BCUT2D eigenvalue weighted by atomic mass is 9.98. The molecule has 0 bridgehead atoms. The molecule has 0 aromatic heterocycles. The summed E-state index contributed by atoms with van der Waals surface area (Å²) < 4.78 is 0. The second-order valence-corrected chi connectivity index (χ2v) is 3.32. The number of aliphatic hydroxyl groups is 2. The number of halogens is 1. The van der Waals surface area contributed by atoms with Crippen LogP contribution in [0, 0.1) is 0 Å². The van der Waals surface area contributed by atoms with Gasteiger partial charge in [0.25, 0.3) is 0 Å². The van der Waals surface area contributed by atoms with Crippen LogP contribution in [0.5, 0.6) is 0 Å². The normalized spacial score (nSPS) is 11.4. The Balaban J connectivity index is 4.16. The van der Waals surface area contributed by atoms with Crippen LogP contribution in [-0.2, 0) is 4.79 Å². The van der Waals surface area contributed by atoms with Crippen LogP contribution in [0.2, 0.25) is 0 Å². The molecule has 0 saturated carbocycles. The van der Waals surface area contributed by atoms with Crippen LogP contribution in [0.15, 0.2) is 0 Å². The van der Waals surface area contributed by atoms with Gasteiger partial charge in [-0.1, -0.05) is 6.92 Å². The van der Waals surface area contributed by atoms with Gasteiger partial charge in [-0.3, -0.25) is 4.79 Å².